The van der Waals surface area contributed by atoms with Gasteiger partial charge >= 0.3 is 5.97 Å². The molecule has 0 radical (unpaired) electrons. The molecule has 1 unspecified atom stereocenters. The van der Waals surface area contributed by atoms with Crippen molar-refractivity contribution in [3.63, 3.8) is 0 Å². The summed E-state index contributed by atoms with van der Waals surface area (Å²) in [5.74, 6) is -0.0425. The van der Waals surface area contributed by atoms with Crippen molar-refractivity contribution in [3.8, 4) is 0 Å². The molecule has 0 amide bonds. The Hall–Kier alpha value is -0.570. The van der Waals surface area contributed by atoms with Crippen molar-refractivity contribution < 1.29 is 9.53 Å². The Balaban J connectivity index is 2.26. The lowest BCUT2D eigenvalue weighted by Gasteiger charge is -2.34. The third kappa shape index (κ3) is 4.20. The van der Waals surface area contributed by atoms with Crippen molar-refractivity contribution in [2.45, 2.75) is 52.0 Å². The number of likely N-dealkylation sites (tertiary alicyclic amines) is 1. The second kappa shape index (κ2) is 6.83. The van der Waals surface area contributed by atoms with Crippen LogP contribution in [0.5, 0.6) is 0 Å². The predicted octanol–water partition coefficient (Wildman–Crippen LogP) is 2.20. The summed E-state index contributed by atoms with van der Waals surface area (Å²) in [6.45, 7) is 6.86. The first-order chi connectivity index (χ1) is 7.27. The average Bonchev–Trinajstić information content (AvgIpc) is 2.27. The van der Waals surface area contributed by atoms with Crippen molar-refractivity contribution in [1.82, 2.24) is 4.90 Å². The highest BCUT2D eigenvalue weighted by molar-refractivity contribution is 5.69. The Morgan fingerprint density at radius 1 is 1.40 bits per heavy atom. The Labute approximate surface area is 92.8 Å². The fraction of sp³-hybridized carbons (Fsp3) is 0.917. The monoisotopic (exact) mass is 213 g/mol. The number of hydrogen-bond donors (Lipinski definition) is 0. The van der Waals surface area contributed by atoms with E-state index in [1.54, 1.807) is 0 Å². The third-order valence-electron chi connectivity index (χ3n) is 3.14. The van der Waals surface area contributed by atoms with Gasteiger partial charge in [-0.15, -0.1) is 0 Å². The molecule has 0 N–H and O–H groups in total. The average molecular weight is 213 g/mol. The van der Waals surface area contributed by atoms with Crippen LogP contribution in [0.3, 0.4) is 0 Å². The molecule has 1 aliphatic rings. The Morgan fingerprint density at radius 3 is 2.87 bits per heavy atom. The molecule has 1 aliphatic heterocycles. The van der Waals surface area contributed by atoms with Gasteiger partial charge in [0.25, 0.3) is 0 Å². The lowest BCUT2D eigenvalue weighted by atomic mass is 9.98. The molecule has 0 bridgehead atoms. The number of hydrogen-bond acceptors (Lipinski definition) is 3. The number of rotatable bonds is 5. The molecule has 1 heterocycles. The minimum absolute atomic E-state index is 0.0425. The van der Waals surface area contributed by atoms with Crippen LogP contribution in [0, 0.1) is 0 Å². The number of carbonyl (C=O) groups is 1. The van der Waals surface area contributed by atoms with Crippen LogP contribution in [0.1, 0.15) is 46.0 Å². The summed E-state index contributed by atoms with van der Waals surface area (Å²) >= 11 is 0. The first kappa shape index (κ1) is 12.5. The molecule has 1 saturated heterocycles. The molecule has 3 nitrogen and oxygen atoms in total. The number of esters is 1. The van der Waals surface area contributed by atoms with Gasteiger partial charge in [-0.2, -0.15) is 0 Å². The molecule has 1 atom stereocenters. The summed E-state index contributed by atoms with van der Waals surface area (Å²) in [4.78, 5) is 13.7. The van der Waals surface area contributed by atoms with Gasteiger partial charge in [-0.1, -0.05) is 13.3 Å². The first-order valence-corrected chi connectivity index (χ1v) is 6.17. The van der Waals surface area contributed by atoms with Gasteiger partial charge in [-0.3, -0.25) is 4.79 Å². The van der Waals surface area contributed by atoms with Crippen molar-refractivity contribution in [1.29, 1.82) is 0 Å². The summed E-state index contributed by atoms with van der Waals surface area (Å²) in [5.41, 5.74) is 0. The Morgan fingerprint density at radius 2 is 2.20 bits per heavy atom. The molecule has 15 heavy (non-hydrogen) atoms. The number of ether oxygens (including phenoxy) is 1. The molecule has 0 aromatic carbocycles. The molecule has 1 fully saturated rings. The van der Waals surface area contributed by atoms with Gasteiger partial charge in [0.1, 0.15) is 0 Å². The van der Waals surface area contributed by atoms with E-state index >= 15 is 0 Å². The van der Waals surface area contributed by atoms with Crippen LogP contribution in [-0.4, -0.2) is 36.6 Å². The zero-order valence-electron chi connectivity index (χ0n) is 10.00. The highest BCUT2D eigenvalue weighted by Crippen LogP contribution is 2.20. The SMILES string of the molecule is CCOC(=O)CCC1CCCCN1CC. The number of piperidine rings is 1. The van der Waals surface area contributed by atoms with Crippen LogP contribution in [-0.2, 0) is 9.53 Å². The zero-order chi connectivity index (χ0) is 11.1. The molecule has 0 aromatic rings. The first-order valence-electron chi connectivity index (χ1n) is 6.17. The van der Waals surface area contributed by atoms with Gasteiger partial charge in [0, 0.05) is 12.5 Å². The van der Waals surface area contributed by atoms with Crippen LogP contribution in [0.4, 0.5) is 0 Å². The lowest BCUT2D eigenvalue weighted by Crippen LogP contribution is -2.39. The van der Waals surface area contributed by atoms with Gasteiger partial charge in [0.05, 0.1) is 6.61 Å². The summed E-state index contributed by atoms with van der Waals surface area (Å²) in [7, 11) is 0. The van der Waals surface area contributed by atoms with E-state index in [2.05, 4.69) is 11.8 Å². The summed E-state index contributed by atoms with van der Waals surface area (Å²) < 4.78 is 4.94. The molecular weight excluding hydrogens is 190 g/mol. The lowest BCUT2D eigenvalue weighted by molar-refractivity contribution is -0.143. The minimum Gasteiger partial charge on any atom is -0.466 e. The maximum atomic E-state index is 11.2. The minimum atomic E-state index is -0.0425. The van der Waals surface area contributed by atoms with E-state index in [1.165, 1.54) is 25.8 Å². The van der Waals surface area contributed by atoms with Crippen LogP contribution in [0.2, 0.25) is 0 Å². The van der Waals surface area contributed by atoms with Crippen molar-refractivity contribution in [2.24, 2.45) is 0 Å². The van der Waals surface area contributed by atoms with Crippen LogP contribution < -0.4 is 0 Å². The van der Waals surface area contributed by atoms with Gasteiger partial charge in [0.2, 0.25) is 0 Å². The summed E-state index contributed by atoms with van der Waals surface area (Å²) in [6, 6.07) is 0.605. The second-order valence-electron chi connectivity index (χ2n) is 4.12. The molecule has 0 aliphatic carbocycles. The van der Waals surface area contributed by atoms with E-state index in [9.17, 15) is 4.79 Å². The predicted molar refractivity (Wildman–Crippen MR) is 60.8 cm³/mol. The molecule has 88 valence electrons. The van der Waals surface area contributed by atoms with Crippen molar-refractivity contribution in [3.05, 3.63) is 0 Å². The van der Waals surface area contributed by atoms with Gasteiger partial charge < -0.3 is 9.64 Å². The van der Waals surface area contributed by atoms with Crippen LogP contribution in [0.25, 0.3) is 0 Å². The van der Waals surface area contributed by atoms with Gasteiger partial charge in [-0.05, 0) is 39.3 Å². The van der Waals surface area contributed by atoms with E-state index in [0.717, 1.165) is 13.0 Å². The van der Waals surface area contributed by atoms with E-state index in [4.69, 9.17) is 4.74 Å². The highest BCUT2D eigenvalue weighted by Gasteiger charge is 2.21. The van der Waals surface area contributed by atoms with Crippen molar-refractivity contribution >= 4 is 5.97 Å². The van der Waals surface area contributed by atoms with Crippen molar-refractivity contribution in [2.75, 3.05) is 19.7 Å². The fourth-order valence-corrected chi connectivity index (χ4v) is 2.32. The van der Waals surface area contributed by atoms with E-state index in [-0.39, 0.29) is 5.97 Å². The molecule has 0 spiro atoms. The van der Waals surface area contributed by atoms with E-state index in [0.29, 0.717) is 19.1 Å². The summed E-state index contributed by atoms with van der Waals surface area (Å²) in [5, 5.41) is 0. The normalized spacial score (nSPS) is 22.7. The molecule has 0 aromatic heterocycles. The quantitative estimate of drug-likeness (QED) is 0.656. The maximum Gasteiger partial charge on any atom is 0.305 e. The Kier molecular flexibility index (Phi) is 5.69. The number of carbonyl (C=O) groups excluding carboxylic acids is 1. The van der Waals surface area contributed by atoms with E-state index in [1.807, 2.05) is 6.92 Å². The van der Waals surface area contributed by atoms with Crippen LogP contribution >= 0.6 is 0 Å². The number of nitrogens with zero attached hydrogens (tertiary/aromatic N) is 1. The molecule has 3 heteroatoms. The smallest absolute Gasteiger partial charge is 0.305 e. The maximum absolute atomic E-state index is 11.2. The fourth-order valence-electron chi connectivity index (χ4n) is 2.32. The topological polar surface area (TPSA) is 29.5 Å². The highest BCUT2D eigenvalue weighted by atomic mass is 16.5. The van der Waals surface area contributed by atoms with Gasteiger partial charge in [0.15, 0.2) is 0 Å². The summed E-state index contributed by atoms with van der Waals surface area (Å²) in [6.07, 6.45) is 5.41. The van der Waals surface area contributed by atoms with E-state index < -0.39 is 0 Å². The third-order valence-corrected chi connectivity index (χ3v) is 3.14. The Bertz CT molecular complexity index is 194. The molecular formula is C12H23NO2. The second-order valence-corrected chi connectivity index (χ2v) is 4.12. The van der Waals surface area contributed by atoms with Gasteiger partial charge in [-0.25, -0.2) is 0 Å². The largest absolute Gasteiger partial charge is 0.466 e. The molecule has 0 saturated carbocycles. The zero-order valence-corrected chi connectivity index (χ0v) is 10.00. The van der Waals surface area contributed by atoms with Crippen LogP contribution in [0.15, 0.2) is 0 Å². The molecule has 1 rings (SSSR count). The standard InChI is InChI=1S/C12H23NO2/c1-3-13-10-6-5-7-11(13)8-9-12(14)15-4-2/h11H,3-10H2,1-2H3.